The molecule has 0 radical (unpaired) electrons. The summed E-state index contributed by atoms with van der Waals surface area (Å²) in [4.78, 5) is 11.4. The van der Waals surface area contributed by atoms with Gasteiger partial charge in [-0.3, -0.25) is 4.79 Å². The Balaban J connectivity index is 2.51. The molecule has 0 aliphatic heterocycles. The highest BCUT2D eigenvalue weighted by molar-refractivity contribution is 14.1. The molecule has 17 heavy (non-hydrogen) atoms. The van der Waals surface area contributed by atoms with E-state index < -0.39 is 0 Å². The normalized spacial score (nSPS) is 10.3. The topological polar surface area (TPSA) is 17.1 Å². The van der Waals surface area contributed by atoms with E-state index in [0.29, 0.717) is 0 Å². The zero-order valence-electron chi connectivity index (χ0n) is 9.83. The maximum Gasteiger partial charge on any atom is 0.159 e. The largest absolute Gasteiger partial charge is 0.295 e. The first-order chi connectivity index (χ1) is 8.06. The average molecular weight is 336 g/mol. The minimum absolute atomic E-state index is 0.108. The molecule has 2 heteroatoms. The Morgan fingerprint density at radius 3 is 2.24 bits per heavy atom. The Morgan fingerprint density at radius 2 is 1.65 bits per heavy atom. The Bertz CT molecular complexity index is 556. The highest BCUT2D eigenvalue weighted by atomic mass is 127. The molecule has 0 saturated carbocycles. The second-order valence-corrected chi connectivity index (χ2v) is 5.40. The number of benzene rings is 2. The van der Waals surface area contributed by atoms with Crippen LogP contribution in [0.1, 0.15) is 22.8 Å². The fourth-order valence-corrected chi connectivity index (χ4v) is 2.38. The van der Waals surface area contributed by atoms with Crippen LogP contribution < -0.4 is 0 Å². The highest BCUT2D eigenvalue weighted by Crippen LogP contribution is 2.24. The molecule has 0 aliphatic carbocycles. The van der Waals surface area contributed by atoms with E-state index in [1.165, 1.54) is 5.56 Å². The lowest BCUT2D eigenvalue weighted by Crippen LogP contribution is -1.93. The van der Waals surface area contributed by atoms with Crippen LogP contribution >= 0.6 is 22.6 Å². The van der Waals surface area contributed by atoms with Crippen molar-refractivity contribution in [1.82, 2.24) is 0 Å². The van der Waals surface area contributed by atoms with Gasteiger partial charge < -0.3 is 0 Å². The number of Topliss-reactive ketones (excluding diaryl/α,β-unsaturated/α-hetero) is 1. The summed E-state index contributed by atoms with van der Waals surface area (Å²) >= 11 is 2.25. The molecule has 0 aromatic heterocycles. The van der Waals surface area contributed by atoms with E-state index >= 15 is 0 Å². The van der Waals surface area contributed by atoms with E-state index in [9.17, 15) is 4.79 Å². The van der Waals surface area contributed by atoms with Gasteiger partial charge in [-0.15, -0.1) is 0 Å². The maximum absolute atomic E-state index is 11.4. The Labute approximate surface area is 115 Å². The van der Waals surface area contributed by atoms with Gasteiger partial charge in [-0.2, -0.15) is 0 Å². The molecule has 0 N–H and O–H groups in total. The first kappa shape index (κ1) is 12.3. The monoisotopic (exact) mass is 336 g/mol. The van der Waals surface area contributed by atoms with Gasteiger partial charge in [0.2, 0.25) is 0 Å². The Kier molecular flexibility index (Phi) is 3.62. The third-order valence-electron chi connectivity index (χ3n) is 2.69. The standard InChI is InChI=1S/C15H13IO/c1-10-3-5-12(6-4-10)14-7-13(11(2)17)8-15(16)9-14/h3-9H,1-2H3. The molecule has 0 bridgehead atoms. The second kappa shape index (κ2) is 5.00. The third-order valence-corrected chi connectivity index (χ3v) is 3.31. The van der Waals surface area contributed by atoms with E-state index in [1.807, 2.05) is 12.1 Å². The van der Waals surface area contributed by atoms with Crippen molar-refractivity contribution < 1.29 is 4.79 Å². The molecule has 0 unspecified atom stereocenters. The van der Waals surface area contributed by atoms with Gasteiger partial charge in [-0.05, 0) is 65.8 Å². The predicted octanol–water partition coefficient (Wildman–Crippen LogP) is 4.47. The first-order valence-electron chi connectivity index (χ1n) is 5.45. The maximum atomic E-state index is 11.4. The molecule has 2 aromatic carbocycles. The summed E-state index contributed by atoms with van der Waals surface area (Å²) in [6.45, 7) is 3.67. The Hall–Kier alpha value is -1.16. The van der Waals surface area contributed by atoms with Gasteiger partial charge in [0, 0.05) is 9.13 Å². The highest BCUT2D eigenvalue weighted by Gasteiger charge is 2.05. The number of carbonyl (C=O) groups excluding carboxylic acids is 1. The van der Waals surface area contributed by atoms with Crippen LogP contribution in [0.3, 0.4) is 0 Å². The van der Waals surface area contributed by atoms with E-state index in [2.05, 4.69) is 59.8 Å². The molecular weight excluding hydrogens is 323 g/mol. The van der Waals surface area contributed by atoms with Crippen molar-refractivity contribution in [3.8, 4) is 11.1 Å². The first-order valence-corrected chi connectivity index (χ1v) is 6.53. The van der Waals surface area contributed by atoms with E-state index in [4.69, 9.17) is 0 Å². The van der Waals surface area contributed by atoms with Crippen molar-refractivity contribution in [2.75, 3.05) is 0 Å². The van der Waals surface area contributed by atoms with Crippen molar-refractivity contribution in [2.45, 2.75) is 13.8 Å². The van der Waals surface area contributed by atoms with Gasteiger partial charge in [0.05, 0.1) is 0 Å². The van der Waals surface area contributed by atoms with Gasteiger partial charge in [0.15, 0.2) is 5.78 Å². The van der Waals surface area contributed by atoms with Crippen molar-refractivity contribution in [3.63, 3.8) is 0 Å². The number of aryl methyl sites for hydroxylation is 1. The molecule has 0 aliphatic rings. The van der Waals surface area contributed by atoms with Crippen LogP contribution in [0.15, 0.2) is 42.5 Å². The van der Waals surface area contributed by atoms with Gasteiger partial charge in [-0.1, -0.05) is 29.8 Å². The summed E-state index contributed by atoms with van der Waals surface area (Å²) in [5.41, 5.74) is 4.26. The molecule has 0 amide bonds. The quantitative estimate of drug-likeness (QED) is 0.584. The number of hydrogen-bond acceptors (Lipinski definition) is 1. The van der Waals surface area contributed by atoms with Crippen molar-refractivity contribution in [2.24, 2.45) is 0 Å². The molecule has 0 fully saturated rings. The summed E-state index contributed by atoms with van der Waals surface area (Å²) in [5.74, 6) is 0.108. The lowest BCUT2D eigenvalue weighted by Gasteiger charge is -2.05. The molecule has 2 aromatic rings. The number of ketones is 1. The van der Waals surface area contributed by atoms with Gasteiger partial charge in [0.25, 0.3) is 0 Å². The van der Waals surface area contributed by atoms with E-state index in [-0.39, 0.29) is 5.78 Å². The number of halogens is 1. The van der Waals surface area contributed by atoms with Crippen molar-refractivity contribution >= 4 is 28.4 Å². The number of rotatable bonds is 2. The van der Waals surface area contributed by atoms with Gasteiger partial charge in [0.1, 0.15) is 0 Å². The molecular formula is C15H13IO. The average Bonchev–Trinajstić information content (AvgIpc) is 2.29. The smallest absolute Gasteiger partial charge is 0.159 e. The molecule has 0 atom stereocenters. The van der Waals surface area contributed by atoms with Crippen LogP contribution in [0.2, 0.25) is 0 Å². The van der Waals surface area contributed by atoms with Gasteiger partial charge >= 0.3 is 0 Å². The minimum atomic E-state index is 0.108. The van der Waals surface area contributed by atoms with E-state index in [0.717, 1.165) is 20.3 Å². The Morgan fingerprint density at radius 1 is 1.00 bits per heavy atom. The van der Waals surface area contributed by atoms with Crippen LogP contribution in [0.25, 0.3) is 11.1 Å². The van der Waals surface area contributed by atoms with Crippen molar-refractivity contribution in [3.05, 3.63) is 57.2 Å². The molecule has 0 spiro atoms. The molecule has 86 valence electrons. The van der Waals surface area contributed by atoms with Gasteiger partial charge in [-0.25, -0.2) is 0 Å². The lowest BCUT2D eigenvalue weighted by molar-refractivity contribution is 0.101. The summed E-state index contributed by atoms with van der Waals surface area (Å²) in [7, 11) is 0. The van der Waals surface area contributed by atoms with E-state index in [1.54, 1.807) is 6.92 Å². The summed E-state index contributed by atoms with van der Waals surface area (Å²) in [6, 6.07) is 14.3. The summed E-state index contributed by atoms with van der Waals surface area (Å²) in [6.07, 6.45) is 0. The molecule has 1 nitrogen and oxygen atoms in total. The van der Waals surface area contributed by atoms with Crippen LogP contribution in [0, 0.1) is 10.5 Å². The zero-order chi connectivity index (χ0) is 12.4. The van der Waals surface area contributed by atoms with Crippen LogP contribution in [0.4, 0.5) is 0 Å². The summed E-state index contributed by atoms with van der Waals surface area (Å²) < 4.78 is 1.09. The minimum Gasteiger partial charge on any atom is -0.295 e. The molecule has 2 rings (SSSR count). The number of carbonyl (C=O) groups is 1. The predicted molar refractivity (Wildman–Crippen MR) is 79.3 cm³/mol. The van der Waals surface area contributed by atoms with Crippen LogP contribution in [-0.4, -0.2) is 5.78 Å². The van der Waals surface area contributed by atoms with Crippen LogP contribution in [0.5, 0.6) is 0 Å². The molecule has 0 saturated heterocycles. The lowest BCUT2D eigenvalue weighted by atomic mass is 10.0. The fourth-order valence-electron chi connectivity index (χ4n) is 1.71. The fraction of sp³-hybridized carbons (Fsp3) is 0.133. The number of hydrogen-bond donors (Lipinski definition) is 0. The third kappa shape index (κ3) is 2.94. The van der Waals surface area contributed by atoms with Crippen LogP contribution in [-0.2, 0) is 0 Å². The SMILES string of the molecule is CC(=O)c1cc(I)cc(-c2ccc(C)cc2)c1. The second-order valence-electron chi connectivity index (χ2n) is 4.15. The molecule has 0 heterocycles. The van der Waals surface area contributed by atoms with Crippen molar-refractivity contribution in [1.29, 1.82) is 0 Å². The zero-order valence-corrected chi connectivity index (χ0v) is 12.0. The summed E-state index contributed by atoms with van der Waals surface area (Å²) in [5, 5.41) is 0.